The largest absolute Gasteiger partial charge is 0.416 e. The van der Waals surface area contributed by atoms with E-state index in [1.165, 1.54) is 27.7 Å². The van der Waals surface area contributed by atoms with Crippen LogP contribution in [0.4, 0.5) is 35.1 Å². The molecular weight excluding hydrogens is 570 g/mol. The maximum Gasteiger partial charge on any atom is 0.416 e. The van der Waals surface area contributed by atoms with Crippen molar-refractivity contribution in [1.82, 2.24) is 14.9 Å². The van der Waals surface area contributed by atoms with E-state index in [0.29, 0.717) is 0 Å². The first-order chi connectivity index (χ1) is 17.7. The summed E-state index contributed by atoms with van der Waals surface area (Å²) in [7, 11) is -5.55. The zero-order valence-electron chi connectivity index (χ0n) is 21.0. The van der Waals surface area contributed by atoms with Gasteiger partial charge in [-0.3, -0.25) is 9.59 Å². The fourth-order valence-electron chi connectivity index (χ4n) is 4.07. The highest BCUT2D eigenvalue weighted by atomic mass is 32.2. The standard InChI is InChI=1S/C22H27F8N3O5S/c1-8(2)16(19(34)22(28,29)30)31-20(35)10-6-5-7-33(10)21(36)17(9(3)4)32-39(37,38)18-14(26)12(24)11(23)13(25)15(18)27/h8-10,16-17,19,32,34H,5-7H2,1-4H3,(H,31,35)/t10-,16?,17-,19?/m0/s1. The van der Waals surface area contributed by atoms with Crippen LogP contribution >= 0.6 is 0 Å². The van der Waals surface area contributed by atoms with Gasteiger partial charge >= 0.3 is 6.18 Å². The first-order valence-corrected chi connectivity index (χ1v) is 13.1. The molecule has 0 aromatic heterocycles. The monoisotopic (exact) mass is 597 g/mol. The normalized spacial score (nSPS) is 18.9. The summed E-state index contributed by atoms with van der Waals surface area (Å²) in [4.78, 5) is 24.8. The summed E-state index contributed by atoms with van der Waals surface area (Å²) in [5, 5.41) is 11.7. The van der Waals surface area contributed by atoms with Crippen molar-refractivity contribution in [2.75, 3.05) is 6.54 Å². The second-order valence-corrected chi connectivity index (χ2v) is 11.3. The van der Waals surface area contributed by atoms with E-state index in [0.717, 1.165) is 4.90 Å². The van der Waals surface area contributed by atoms with E-state index in [1.807, 2.05) is 0 Å². The summed E-state index contributed by atoms with van der Waals surface area (Å²) in [5.74, 6) is -17.1. The van der Waals surface area contributed by atoms with Gasteiger partial charge in [0.25, 0.3) is 0 Å². The van der Waals surface area contributed by atoms with Gasteiger partial charge in [-0.2, -0.15) is 17.9 Å². The molecular formula is C22H27F8N3O5S. The number of likely N-dealkylation sites (tertiary alicyclic amines) is 1. The molecule has 1 fully saturated rings. The van der Waals surface area contributed by atoms with Crippen LogP contribution in [0.15, 0.2) is 4.90 Å². The Balaban J connectivity index is 2.37. The number of aliphatic hydroxyl groups excluding tert-OH is 1. The summed E-state index contributed by atoms with van der Waals surface area (Å²) < 4.78 is 135. The third-order valence-electron chi connectivity index (χ3n) is 6.19. The Bertz CT molecular complexity index is 1180. The number of carbonyl (C=O) groups excluding carboxylic acids is 2. The van der Waals surface area contributed by atoms with Crippen molar-refractivity contribution >= 4 is 21.8 Å². The summed E-state index contributed by atoms with van der Waals surface area (Å²) in [6, 6.07) is -5.07. The molecule has 39 heavy (non-hydrogen) atoms. The van der Waals surface area contributed by atoms with Gasteiger partial charge in [-0.15, -0.1) is 0 Å². The number of hydrogen-bond donors (Lipinski definition) is 3. The number of benzene rings is 1. The number of amides is 2. The van der Waals surface area contributed by atoms with E-state index >= 15 is 0 Å². The van der Waals surface area contributed by atoms with Gasteiger partial charge in [0, 0.05) is 6.54 Å². The second kappa shape index (κ2) is 11.9. The zero-order valence-corrected chi connectivity index (χ0v) is 21.9. The molecule has 1 aliphatic heterocycles. The number of alkyl halides is 3. The average Bonchev–Trinajstić information content (AvgIpc) is 3.31. The molecule has 3 N–H and O–H groups in total. The van der Waals surface area contributed by atoms with E-state index in [9.17, 15) is 58.2 Å². The van der Waals surface area contributed by atoms with Crippen molar-refractivity contribution in [3.63, 3.8) is 0 Å². The minimum Gasteiger partial charge on any atom is -0.382 e. The maximum absolute atomic E-state index is 14.2. The molecule has 1 saturated heterocycles. The third-order valence-corrected chi connectivity index (χ3v) is 7.65. The molecule has 2 amide bonds. The molecule has 2 rings (SSSR count). The molecule has 0 bridgehead atoms. The number of nitrogens with one attached hydrogen (secondary N) is 2. The van der Waals surface area contributed by atoms with Gasteiger partial charge in [-0.1, -0.05) is 27.7 Å². The Morgan fingerprint density at radius 3 is 1.85 bits per heavy atom. The zero-order chi connectivity index (χ0) is 30.2. The lowest BCUT2D eigenvalue weighted by atomic mass is 9.97. The molecule has 4 atom stereocenters. The van der Waals surface area contributed by atoms with Crippen molar-refractivity contribution in [3.05, 3.63) is 29.1 Å². The van der Waals surface area contributed by atoms with Crippen molar-refractivity contribution < 1.29 is 58.2 Å². The quantitative estimate of drug-likeness (QED) is 0.230. The molecule has 1 aromatic rings. The van der Waals surface area contributed by atoms with E-state index in [1.54, 1.807) is 4.72 Å². The van der Waals surface area contributed by atoms with Gasteiger partial charge in [0.05, 0.1) is 6.04 Å². The molecule has 0 saturated carbocycles. The summed E-state index contributed by atoms with van der Waals surface area (Å²) >= 11 is 0. The molecule has 222 valence electrons. The van der Waals surface area contributed by atoms with Crippen LogP contribution in [-0.4, -0.2) is 67.2 Å². The fourth-order valence-corrected chi connectivity index (χ4v) is 5.55. The number of nitrogens with zero attached hydrogens (tertiary/aromatic N) is 1. The number of hydrogen-bond acceptors (Lipinski definition) is 5. The van der Waals surface area contributed by atoms with E-state index < -0.39 is 98.1 Å². The number of carbonyl (C=O) groups is 2. The smallest absolute Gasteiger partial charge is 0.382 e. The molecule has 1 heterocycles. The highest BCUT2D eigenvalue weighted by molar-refractivity contribution is 7.89. The lowest BCUT2D eigenvalue weighted by Crippen LogP contribution is -2.59. The Kier molecular flexibility index (Phi) is 9.99. The number of halogens is 8. The fraction of sp³-hybridized carbons (Fsp3) is 0.636. The first kappa shape index (κ1) is 32.7. The number of sulfonamides is 1. The number of aliphatic hydroxyl groups is 1. The minimum atomic E-state index is -5.55. The SMILES string of the molecule is CC(C)C(NC(=O)[C@@H]1CCCN1C(=O)[C@@H](NS(=O)(=O)c1c(F)c(F)c(F)c(F)c1F)C(C)C)C(O)C(F)(F)F. The van der Waals surface area contributed by atoms with Gasteiger partial charge in [0.2, 0.25) is 27.7 Å². The topological polar surface area (TPSA) is 116 Å². The van der Waals surface area contributed by atoms with Crippen LogP contribution in [0.2, 0.25) is 0 Å². The van der Waals surface area contributed by atoms with Crippen molar-refractivity contribution in [2.24, 2.45) is 11.8 Å². The molecule has 0 radical (unpaired) electrons. The van der Waals surface area contributed by atoms with Crippen LogP contribution in [0.5, 0.6) is 0 Å². The van der Waals surface area contributed by atoms with E-state index in [2.05, 4.69) is 5.32 Å². The Hall–Kier alpha value is -2.53. The van der Waals surface area contributed by atoms with Crippen LogP contribution in [0.3, 0.4) is 0 Å². The lowest BCUT2D eigenvalue weighted by Gasteiger charge is -2.33. The average molecular weight is 598 g/mol. The molecule has 1 aliphatic rings. The van der Waals surface area contributed by atoms with Gasteiger partial charge in [-0.25, -0.2) is 30.4 Å². The summed E-state index contributed by atoms with van der Waals surface area (Å²) in [6.07, 6.45) is -7.89. The van der Waals surface area contributed by atoms with Crippen molar-refractivity contribution in [2.45, 2.75) is 75.8 Å². The van der Waals surface area contributed by atoms with Crippen molar-refractivity contribution in [3.8, 4) is 0 Å². The Labute approximate surface area is 218 Å². The van der Waals surface area contributed by atoms with Crippen LogP contribution in [-0.2, 0) is 19.6 Å². The Morgan fingerprint density at radius 1 is 0.923 bits per heavy atom. The van der Waals surface area contributed by atoms with Gasteiger partial charge in [0.15, 0.2) is 34.3 Å². The summed E-state index contributed by atoms with van der Waals surface area (Å²) in [6.45, 7) is 5.01. The van der Waals surface area contributed by atoms with Gasteiger partial charge in [0.1, 0.15) is 12.1 Å². The molecule has 0 spiro atoms. The minimum absolute atomic E-state index is 0.0558. The van der Waals surface area contributed by atoms with E-state index in [-0.39, 0.29) is 19.4 Å². The van der Waals surface area contributed by atoms with Crippen LogP contribution < -0.4 is 10.0 Å². The molecule has 8 nitrogen and oxygen atoms in total. The predicted molar refractivity (Wildman–Crippen MR) is 119 cm³/mol. The predicted octanol–water partition coefficient (Wildman–Crippen LogP) is 2.74. The molecule has 2 unspecified atom stereocenters. The van der Waals surface area contributed by atoms with Gasteiger partial charge < -0.3 is 15.3 Å². The maximum atomic E-state index is 14.2. The summed E-state index contributed by atoms with van der Waals surface area (Å²) in [5.41, 5.74) is 0. The second-order valence-electron chi connectivity index (χ2n) is 9.70. The highest BCUT2D eigenvalue weighted by Crippen LogP contribution is 2.29. The molecule has 1 aromatic carbocycles. The highest BCUT2D eigenvalue weighted by Gasteiger charge is 2.47. The van der Waals surface area contributed by atoms with Crippen molar-refractivity contribution in [1.29, 1.82) is 0 Å². The number of rotatable bonds is 9. The van der Waals surface area contributed by atoms with Crippen LogP contribution in [0, 0.1) is 40.9 Å². The molecule has 0 aliphatic carbocycles. The lowest BCUT2D eigenvalue weighted by molar-refractivity contribution is -0.215. The third kappa shape index (κ3) is 6.80. The first-order valence-electron chi connectivity index (χ1n) is 11.6. The van der Waals surface area contributed by atoms with Crippen LogP contribution in [0.25, 0.3) is 0 Å². The van der Waals surface area contributed by atoms with E-state index in [4.69, 9.17) is 0 Å². The Morgan fingerprint density at radius 2 is 1.41 bits per heavy atom. The van der Waals surface area contributed by atoms with Crippen LogP contribution in [0.1, 0.15) is 40.5 Å². The van der Waals surface area contributed by atoms with Gasteiger partial charge in [-0.05, 0) is 24.7 Å². The molecule has 17 heteroatoms.